The third kappa shape index (κ3) is 10.8. The van der Waals surface area contributed by atoms with Crippen LogP contribution in [0.3, 0.4) is 0 Å². The van der Waals surface area contributed by atoms with Gasteiger partial charge in [0.15, 0.2) is 0 Å². The molecule has 1 unspecified atom stereocenters. The number of unbranched alkanes of at least 4 members (excludes halogenated alkanes) is 3. The van der Waals surface area contributed by atoms with Crippen molar-refractivity contribution in [3.63, 3.8) is 0 Å². The summed E-state index contributed by atoms with van der Waals surface area (Å²) in [5.74, 6) is -2.30. The van der Waals surface area contributed by atoms with E-state index >= 15 is 0 Å². The van der Waals surface area contributed by atoms with E-state index in [9.17, 15) is 19.8 Å². The van der Waals surface area contributed by atoms with Gasteiger partial charge in [0.05, 0.1) is 6.10 Å². The first-order valence-corrected chi connectivity index (χ1v) is 5.10. The van der Waals surface area contributed by atoms with Gasteiger partial charge >= 0.3 is 0 Å². The monoisotopic (exact) mass is 216 g/mol. The number of aliphatic hydroxyl groups is 1. The lowest BCUT2D eigenvalue weighted by Gasteiger charge is -2.10. The summed E-state index contributed by atoms with van der Waals surface area (Å²) in [5.41, 5.74) is 0. The van der Waals surface area contributed by atoms with E-state index in [-0.39, 0.29) is 12.8 Å². The number of aliphatic carboxylic acids is 2. The Morgan fingerprint density at radius 2 is 1.60 bits per heavy atom. The van der Waals surface area contributed by atoms with Crippen molar-refractivity contribution in [2.75, 3.05) is 0 Å². The zero-order valence-electron chi connectivity index (χ0n) is 8.61. The second-order valence-electron chi connectivity index (χ2n) is 3.55. The van der Waals surface area contributed by atoms with Crippen molar-refractivity contribution in [2.24, 2.45) is 0 Å². The molecule has 0 heterocycles. The Morgan fingerprint density at radius 1 is 1.00 bits per heavy atom. The minimum atomic E-state index is -1.25. The van der Waals surface area contributed by atoms with Crippen LogP contribution in [0.1, 0.15) is 44.9 Å². The number of carbonyl (C=O) groups is 2. The van der Waals surface area contributed by atoms with Gasteiger partial charge in [0.1, 0.15) is 0 Å². The highest BCUT2D eigenvalue weighted by molar-refractivity contribution is 5.64. The second kappa shape index (κ2) is 8.23. The Bertz CT molecular complexity index is 202. The largest absolute Gasteiger partial charge is 0.550 e. The van der Waals surface area contributed by atoms with Crippen LogP contribution >= 0.6 is 0 Å². The standard InChI is InChI=1S/C10H18O5/c11-8(7-10(14)15)5-3-1-2-4-6-9(12)13/h8,11H,1-7H2,(H,12,13)(H,14,15)/p-2. The molecule has 0 rings (SSSR count). The molecule has 5 nitrogen and oxygen atoms in total. The summed E-state index contributed by atoms with van der Waals surface area (Å²) in [6, 6.07) is 0. The maximum Gasteiger partial charge on any atom is 0.0592 e. The normalized spacial score (nSPS) is 12.3. The van der Waals surface area contributed by atoms with Gasteiger partial charge in [-0.2, -0.15) is 0 Å². The minimum absolute atomic E-state index is 0.0571. The summed E-state index contributed by atoms with van der Waals surface area (Å²) in [6.07, 6.45) is 2.10. The zero-order chi connectivity index (χ0) is 11.7. The highest BCUT2D eigenvalue weighted by atomic mass is 16.4. The molecule has 0 aromatic carbocycles. The van der Waals surface area contributed by atoms with Crippen molar-refractivity contribution in [3.8, 4) is 0 Å². The van der Waals surface area contributed by atoms with Crippen LogP contribution in [0.2, 0.25) is 0 Å². The van der Waals surface area contributed by atoms with Crippen molar-refractivity contribution < 1.29 is 24.9 Å². The fourth-order valence-electron chi connectivity index (χ4n) is 1.30. The molecule has 0 spiro atoms. The topological polar surface area (TPSA) is 100 Å². The minimum Gasteiger partial charge on any atom is -0.550 e. The van der Waals surface area contributed by atoms with E-state index in [1.165, 1.54) is 0 Å². The molecular formula is C10H16O5-2. The Kier molecular flexibility index (Phi) is 7.62. The van der Waals surface area contributed by atoms with Gasteiger partial charge in [-0.15, -0.1) is 0 Å². The number of carboxylic acids is 2. The van der Waals surface area contributed by atoms with Crippen molar-refractivity contribution in [1.82, 2.24) is 0 Å². The summed E-state index contributed by atoms with van der Waals surface area (Å²) in [4.78, 5) is 20.1. The van der Waals surface area contributed by atoms with Gasteiger partial charge in [-0.05, 0) is 19.3 Å². The van der Waals surface area contributed by atoms with Gasteiger partial charge in [-0.3, -0.25) is 0 Å². The molecule has 5 heteroatoms. The molecule has 0 aromatic rings. The van der Waals surface area contributed by atoms with Crippen molar-refractivity contribution >= 4 is 11.9 Å². The second-order valence-corrected chi connectivity index (χ2v) is 3.55. The smallest absolute Gasteiger partial charge is 0.0592 e. The highest BCUT2D eigenvalue weighted by Gasteiger charge is 2.03. The maximum absolute atomic E-state index is 10.1. The average Bonchev–Trinajstić information content (AvgIpc) is 2.09. The fourth-order valence-corrected chi connectivity index (χ4v) is 1.30. The van der Waals surface area contributed by atoms with Crippen LogP contribution in [0, 0.1) is 0 Å². The lowest BCUT2D eigenvalue weighted by Crippen LogP contribution is -2.27. The van der Waals surface area contributed by atoms with Crippen LogP contribution in [-0.4, -0.2) is 23.1 Å². The number of rotatable bonds is 9. The molecule has 0 amide bonds. The summed E-state index contributed by atoms with van der Waals surface area (Å²) < 4.78 is 0. The van der Waals surface area contributed by atoms with Crippen LogP contribution < -0.4 is 10.2 Å². The van der Waals surface area contributed by atoms with Gasteiger partial charge in [0.2, 0.25) is 0 Å². The van der Waals surface area contributed by atoms with E-state index in [0.29, 0.717) is 19.3 Å². The molecule has 88 valence electrons. The van der Waals surface area contributed by atoms with E-state index in [0.717, 1.165) is 12.8 Å². The predicted molar refractivity (Wildman–Crippen MR) is 48.3 cm³/mol. The third-order valence-electron chi connectivity index (χ3n) is 2.07. The number of hydrogen-bond donors (Lipinski definition) is 1. The van der Waals surface area contributed by atoms with E-state index in [1.54, 1.807) is 0 Å². The number of carbonyl (C=O) groups excluding carboxylic acids is 2. The predicted octanol–water partition coefficient (Wildman–Crippen LogP) is -1.42. The van der Waals surface area contributed by atoms with Gasteiger partial charge < -0.3 is 24.9 Å². The summed E-state index contributed by atoms with van der Waals surface area (Å²) in [5, 5.41) is 29.3. The van der Waals surface area contributed by atoms with Crippen molar-refractivity contribution in [1.29, 1.82) is 0 Å². The number of hydrogen-bond acceptors (Lipinski definition) is 5. The van der Waals surface area contributed by atoms with Crippen molar-refractivity contribution in [3.05, 3.63) is 0 Å². The molecule has 0 aliphatic rings. The SMILES string of the molecule is O=C([O-])CCCCCCC(O)CC(=O)[O-]. The maximum atomic E-state index is 10.1. The average molecular weight is 216 g/mol. The van der Waals surface area contributed by atoms with Crippen LogP contribution in [0.25, 0.3) is 0 Å². The molecule has 0 fully saturated rings. The molecule has 0 radical (unpaired) electrons. The lowest BCUT2D eigenvalue weighted by molar-refractivity contribution is -0.308. The Balaban J connectivity index is 3.23. The number of aliphatic hydroxyl groups excluding tert-OH is 1. The third-order valence-corrected chi connectivity index (χ3v) is 2.07. The number of carboxylic acid groups (broad SMARTS) is 2. The zero-order valence-corrected chi connectivity index (χ0v) is 8.61. The molecule has 0 saturated heterocycles. The first-order valence-electron chi connectivity index (χ1n) is 5.10. The van der Waals surface area contributed by atoms with E-state index in [4.69, 9.17) is 5.11 Å². The highest BCUT2D eigenvalue weighted by Crippen LogP contribution is 2.08. The van der Waals surface area contributed by atoms with Crippen LogP contribution in [0.4, 0.5) is 0 Å². The quantitative estimate of drug-likeness (QED) is 0.476. The molecule has 0 bridgehead atoms. The molecule has 0 aliphatic carbocycles. The summed E-state index contributed by atoms with van der Waals surface area (Å²) in [6.45, 7) is 0. The Labute approximate surface area is 88.7 Å². The fraction of sp³-hybridized carbons (Fsp3) is 0.800. The van der Waals surface area contributed by atoms with Crippen LogP contribution in [0.15, 0.2) is 0 Å². The first kappa shape index (κ1) is 13.9. The van der Waals surface area contributed by atoms with E-state index < -0.39 is 18.0 Å². The van der Waals surface area contributed by atoms with Gasteiger partial charge in [-0.25, -0.2) is 0 Å². The molecule has 0 saturated carbocycles. The Hall–Kier alpha value is -1.10. The van der Waals surface area contributed by atoms with E-state index in [2.05, 4.69) is 0 Å². The molecule has 0 aromatic heterocycles. The molecular weight excluding hydrogens is 200 g/mol. The van der Waals surface area contributed by atoms with Crippen LogP contribution in [0.5, 0.6) is 0 Å². The molecule has 1 N–H and O–H groups in total. The van der Waals surface area contributed by atoms with E-state index in [1.807, 2.05) is 0 Å². The van der Waals surface area contributed by atoms with Crippen molar-refractivity contribution in [2.45, 2.75) is 51.0 Å². The summed E-state index contributed by atoms with van der Waals surface area (Å²) >= 11 is 0. The molecule has 15 heavy (non-hydrogen) atoms. The Morgan fingerprint density at radius 3 is 2.13 bits per heavy atom. The lowest BCUT2D eigenvalue weighted by atomic mass is 10.1. The van der Waals surface area contributed by atoms with Crippen LogP contribution in [-0.2, 0) is 9.59 Å². The first-order chi connectivity index (χ1) is 7.02. The van der Waals surface area contributed by atoms with Gasteiger partial charge in [0.25, 0.3) is 0 Å². The van der Waals surface area contributed by atoms with Gasteiger partial charge in [0, 0.05) is 18.4 Å². The van der Waals surface area contributed by atoms with Gasteiger partial charge in [-0.1, -0.05) is 19.3 Å². The summed E-state index contributed by atoms with van der Waals surface area (Å²) in [7, 11) is 0. The molecule has 1 atom stereocenters. The molecule has 0 aliphatic heterocycles.